The van der Waals surface area contributed by atoms with Gasteiger partial charge in [-0.25, -0.2) is 0 Å². The molecule has 0 spiro atoms. The van der Waals surface area contributed by atoms with Gasteiger partial charge in [0.15, 0.2) is 0 Å². The third kappa shape index (κ3) is 11.4. The molecule has 0 saturated heterocycles. The van der Waals surface area contributed by atoms with Gasteiger partial charge in [-0.15, -0.1) is 0 Å². The second kappa shape index (κ2) is 14.8. The molecule has 0 amide bonds. The van der Waals surface area contributed by atoms with E-state index in [4.69, 9.17) is 0 Å². The Labute approximate surface area is 147 Å². The highest BCUT2D eigenvalue weighted by Crippen LogP contribution is 2.14. The SMILES string of the molecule is CCCCCCCCCCCCCCCc1cccc([S+]=O)c1. The molecule has 2 heteroatoms. The fourth-order valence-corrected chi connectivity index (χ4v) is 3.43. The van der Waals surface area contributed by atoms with Crippen LogP contribution in [-0.2, 0) is 22.3 Å². The normalized spacial score (nSPS) is 10.8. The van der Waals surface area contributed by atoms with Gasteiger partial charge in [-0.05, 0) is 18.4 Å². The fourth-order valence-electron chi connectivity index (χ4n) is 3.10. The molecule has 130 valence electrons. The van der Waals surface area contributed by atoms with Gasteiger partial charge in [-0.3, -0.25) is 0 Å². The van der Waals surface area contributed by atoms with E-state index in [1.807, 2.05) is 18.2 Å². The van der Waals surface area contributed by atoms with Crippen LogP contribution in [0.5, 0.6) is 0 Å². The van der Waals surface area contributed by atoms with Gasteiger partial charge >= 0.3 is 11.7 Å². The lowest BCUT2D eigenvalue weighted by Gasteiger charge is -2.03. The van der Waals surface area contributed by atoms with Gasteiger partial charge in [-0.2, -0.15) is 0 Å². The molecule has 1 rings (SSSR count). The number of rotatable bonds is 15. The Balaban J connectivity index is 1.85. The zero-order chi connectivity index (χ0) is 16.6. The third-order valence-electron chi connectivity index (χ3n) is 4.56. The summed E-state index contributed by atoms with van der Waals surface area (Å²) in [4.78, 5) is 0.845. The van der Waals surface area contributed by atoms with Crippen LogP contribution in [0.3, 0.4) is 0 Å². The highest BCUT2D eigenvalue weighted by molar-refractivity contribution is 7.65. The summed E-state index contributed by atoms with van der Waals surface area (Å²) in [6.07, 6.45) is 19.3. The van der Waals surface area contributed by atoms with Crippen molar-refractivity contribution in [2.75, 3.05) is 0 Å². The maximum absolute atomic E-state index is 10.8. The molecule has 1 aromatic carbocycles. The van der Waals surface area contributed by atoms with Crippen LogP contribution in [0.1, 0.15) is 96.0 Å². The molecule has 0 atom stereocenters. The van der Waals surface area contributed by atoms with E-state index in [0.717, 1.165) is 11.3 Å². The molecule has 0 aliphatic rings. The van der Waals surface area contributed by atoms with Gasteiger partial charge < -0.3 is 0 Å². The highest BCUT2D eigenvalue weighted by atomic mass is 32.1. The maximum Gasteiger partial charge on any atom is 0.505 e. The summed E-state index contributed by atoms with van der Waals surface area (Å²) in [6.45, 7) is 2.28. The quantitative estimate of drug-likeness (QED) is 0.246. The molecule has 0 N–H and O–H groups in total. The molecule has 0 heterocycles. The second-order valence-electron chi connectivity index (χ2n) is 6.72. The van der Waals surface area contributed by atoms with Crippen molar-refractivity contribution >= 4 is 11.7 Å². The van der Waals surface area contributed by atoms with E-state index in [-0.39, 0.29) is 0 Å². The lowest BCUT2D eigenvalue weighted by atomic mass is 10.0. The van der Waals surface area contributed by atoms with Crippen molar-refractivity contribution in [2.45, 2.75) is 102 Å². The van der Waals surface area contributed by atoms with Crippen LogP contribution in [0.25, 0.3) is 0 Å². The predicted molar refractivity (Wildman–Crippen MR) is 102 cm³/mol. The molecule has 0 radical (unpaired) electrons. The first-order chi connectivity index (χ1) is 11.4. The first-order valence-electron chi connectivity index (χ1n) is 9.75. The average Bonchev–Trinajstić information content (AvgIpc) is 2.59. The van der Waals surface area contributed by atoms with E-state index < -0.39 is 0 Å². The number of aryl methyl sites for hydroxylation is 1. The molecule has 0 bridgehead atoms. The van der Waals surface area contributed by atoms with Crippen LogP contribution >= 0.6 is 0 Å². The minimum absolute atomic E-state index is 0.595. The van der Waals surface area contributed by atoms with E-state index >= 15 is 0 Å². The Morgan fingerprint density at radius 2 is 1.26 bits per heavy atom. The Morgan fingerprint density at radius 1 is 0.739 bits per heavy atom. The molecular weight excluding hydrogens is 300 g/mol. The second-order valence-corrected chi connectivity index (χ2v) is 7.36. The smallest absolute Gasteiger partial charge is 0.0654 e. The zero-order valence-corrected chi connectivity index (χ0v) is 15.8. The fraction of sp³-hybridized carbons (Fsp3) is 0.714. The van der Waals surface area contributed by atoms with Gasteiger partial charge in [0.1, 0.15) is 0 Å². The molecule has 0 aliphatic heterocycles. The highest BCUT2D eigenvalue weighted by Gasteiger charge is 2.05. The summed E-state index contributed by atoms with van der Waals surface area (Å²) in [6, 6.07) is 8.07. The molecule has 0 saturated carbocycles. The lowest BCUT2D eigenvalue weighted by Crippen LogP contribution is -1.87. The van der Waals surface area contributed by atoms with Crippen LogP contribution in [0.2, 0.25) is 0 Å². The van der Waals surface area contributed by atoms with E-state index in [0.29, 0.717) is 11.7 Å². The Kier molecular flexibility index (Phi) is 13.1. The molecule has 0 aliphatic carbocycles. The van der Waals surface area contributed by atoms with Crippen LogP contribution in [0.15, 0.2) is 29.2 Å². The summed E-state index contributed by atoms with van der Waals surface area (Å²) >= 11 is 0.595. The largest absolute Gasteiger partial charge is 0.505 e. The maximum atomic E-state index is 10.8. The standard InChI is InChI=1S/C21H35OS/c1-2-3-4-5-6-7-8-9-10-11-12-13-14-16-20-17-15-18-21(19-20)23-22/h15,17-19H,2-14,16H2,1H3/q+1. The Bertz CT molecular complexity index is 403. The van der Waals surface area contributed by atoms with Crippen molar-refractivity contribution in [3.05, 3.63) is 29.8 Å². The average molecular weight is 336 g/mol. The lowest BCUT2D eigenvalue weighted by molar-refractivity contribution is 0.539. The summed E-state index contributed by atoms with van der Waals surface area (Å²) in [7, 11) is 0. The summed E-state index contributed by atoms with van der Waals surface area (Å²) in [5.41, 5.74) is 1.31. The first kappa shape index (κ1) is 20.3. The number of hydrogen-bond acceptors (Lipinski definition) is 1. The van der Waals surface area contributed by atoms with Crippen molar-refractivity contribution in [2.24, 2.45) is 0 Å². The summed E-state index contributed by atoms with van der Waals surface area (Å²) < 4.78 is 10.8. The van der Waals surface area contributed by atoms with E-state index in [1.165, 1.54) is 89.0 Å². The van der Waals surface area contributed by atoms with Gasteiger partial charge in [-0.1, -0.05) is 96.1 Å². The third-order valence-corrected chi connectivity index (χ3v) is 5.01. The summed E-state index contributed by atoms with van der Waals surface area (Å²) in [5.74, 6) is 0. The van der Waals surface area contributed by atoms with Crippen molar-refractivity contribution < 1.29 is 4.21 Å². The van der Waals surface area contributed by atoms with Crippen molar-refractivity contribution in [1.82, 2.24) is 0 Å². The van der Waals surface area contributed by atoms with Gasteiger partial charge in [0, 0.05) is 16.3 Å². The van der Waals surface area contributed by atoms with Gasteiger partial charge in [0.25, 0.3) is 4.90 Å². The molecule has 1 nitrogen and oxygen atoms in total. The van der Waals surface area contributed by atoms with Crippen molar-refractivity contribution in [3.8, 4) is 0 Å². The van der Waals surface area contributed by atoms with Gasteiger partial charge in [0.2, 0.25) is 0 Å². The van der Waals surface area contributed by atoms with E-state index in [2.05, 4.69) is 13.0 Å². The number of benzene rings is 1. The molecule has 0 unspecified atom stereocenters. The van der Waals surface area contributed by atoms with Gasteiger partial charge in [0.05, 0.1) is 0 Å². The zero-order valence-electron chi connectivity index (χ0n) is 15.0. The molecule has 23 heavy (non-hydrogen) atoms. The summed E-state index contributed by atoms with van der Waals surface area (Å²) in [5, 5.41) is 0. The number of hydrogen-bond donors (Lipinski definition) is 0. The van der Waals surface area contributed by atoms with E-state index in [1.54, 1.807) is 0 Å². The van der Waals surface area contributed by atoms with Crippen LogP contribution < -0.4 is 0 Å². The Hall–Kier alpha value is -0.760. The molecular formula is C21H35OS+. The first-order valence-corrected chi connectivity index (χ1v) is 10.5. The van der Waals surface area contributed by atoms with Crippen LogP contribution in [0.4, 0.5) is 0 Å². The van der Waals surface area contributed by atoms with Crippen molar-refractivity contribution in [3.63, 3.8) is 0 Å². The molecule has 0 aromatic heterocycles. The monoisotopic (exact) mass is 335 g/mol. The van der Waals surface area contributed by atoms with E-state index in [9.17, 15) is 4.21 Å². The molecule has 1 aromatic rings. The van der Waals surface area contributed by atoms with Crippen LogP contribution in [-0.4, -0.2) is 0 Å². The van der Waals surface area contributed by atoms with Crippen molar-refractivity contribution in [1.29, 1.82) is 0 Å². The van der Waals surface area contributed by atoms with Crippen LogP contribution in [0, 0.1) is 0 Å². The molecule has 0 fully saturated rings. The minimum atomic E-state index is 0.595. The number of unbranched alkanes of at least 4 members (excludes halogenated alkanes) is 12. The topological polar surface area (TPSA) is 17.1 Å². The predicted octanol–water partition coefficient (Wildman–Crippen LogP) is 7.11. The minimum Gasteiger partial charge on any atom is -0.0654 e. The Morgan fingerprint density at radius 3 is 1.78 bits per heavy atom.